The maximum atomic E-state index is 11.3. The molecule has 1 aliphatic heterocycles. The lowest BCUT2D eigenvalue weighted by Gasteiger charge is -2.26. The normalized spacial score (nSPS) is 35.6. The van der Waals surface area contributed by atoms with Gasteiger partial charge < -0.3 is 14.6 Å². The molecule has 2 rings (SSSR count). The summed E-state index contributed by atoms with van der Waals surface area (Å²) in [6.45, 7) is 0. The topological polar surface area (TPSA) is 59.0 Å². The van der Waals surface area contributed by atoms with E-state index in [-0.39, 0.29) is 18.2 Å². The van der Waals surface area contributed by atoms with Crippen molar-refractivity contribution in [3.8, 4) is 0 Å². The van der Waals surface area contributed by atoms with Gasteiger partial charge in [0.05, 0.1) is 12.5 Å². The first-order chi connectivity index (χ1) is 8.56. The molecule has 0 amide bonds. The number of ether oxygens (including phenoxy) is 2. The first-order valence-electron chi connectivity index (χ1n) is 6.42. The number of hydrogen-bond acceptors (Lipinski definition) is 5. The van der Waals surface area contributed by atoms with Crippen LogP contribution in [0.15, 0.2) is 12.2 Å². The largest absolute Gasteiger partial charge is 0.462 e. The first kappa shape index (κ1) is 13.5. The minimum Gasteiger partial charge on any atom is -0.462 e. The molecule has 4 atom stereocenters. The van der Waals surface area contributed by atoms with Gasteiger partial charge in [-0.1, -0.05) is 12.2 Å². The van der Waals surface area contributed by atoms with Gasteiger partial charge in [0, 0.05) is 12.3 Å². The lowest BCUT2D eigenvalue weighted by Crippen LogP contribution is -2.34. The molecule has 102 valence electrons. The van der Waals surface area contributed by atoms with E-state index in [9.17, 15) is 9.90 Å². The molecule has 1 unspecified atom stereocenters. The molecule has 0 saturated carbocycles. The Bertz CT molecular complexity index is 329. The molecule has 0 radical (unpaired) electrons. The van der Waals surface area contributed by atoms with Crippen LogP contribution in [0.25, 0.3) is 0 Å². The van der Waals surface area contributed by atoms with Gasteiger partial charge in [-0.3, -0.25) is 9.69 Å². The summed E-state index contributed by atoms with van der Waals surface area (Å²) in [5, 5.41) is 9.66. The zero-order chi connectivity index (χ0) is 13.1. The fourth-order valence-corrected chi connectivity index (χ4v) is 2.42. The first-order valence-corrected chi connectivity index (χ1v) is 6.42. The molecule has 0 aromatic heterocycles. The standard InChI is InChI=1S/C13H21NO4/c1-14(2)13(16)17-10-4-3-5-11-9(6-7-10)8-12(15)18-11/h3-4,9-11,13,16H,5-8H2,1-2H3/b4-3+/t9-,10+,11+,13?/m0/s1. The zero-order valence-electron chi connectivity index (χ0n) is 10.9. The van der Waals surface area contributed by atoms with E-state index in [0.717, 1.165) is 19.3 Å². The summed E-state index contributed by atoms with van der Waals surface area (Å²) in [4.78, 5) is 12.9. The molecule has 5 heteroatoms. The average Bonchev–Trinajstić information content (AvgIpc) is 2.62. The predicted molar refractivity (Wildman–Crippen MR) is 65.5 cm³/mol. The Morgan fingerprint density at radius 3 is 3.00 bits per heavy atom. The molecule has 1 aliphatic carbocycles. The van der Waals surface area contributed by atoms with Crippen LogP contribution in [0.3, 0.4) is 0 Å². The molecule has 5 nitrogen and oxygen atoms in total. The van der Waals surface area contributed by atoms with E-state index in [1.165, 1.54) is 0 Å². The van der Waals surface area contributed by atoms with Crippen molar-refractivity contribution in [2.24, 2.45) is 5.92 Å². The van der Waals surface area contributed by atoms with E-state index >= 15 is 0 Å². The minimum atomic E-state index is -0.892. The lowest BCUT2D eigenvalue weighted by atomic mass is 9.90. The number of fused-ring (bicyclic) bond motifs is 1. The zero-order valence-corrected chi connectivity index (χ0v) is 10.9. The second kappa shape index (κ2) is 5.82. The summed E-state index contributed by atoms with van der Waals surface area (Å²) in [6.07, 6.45) is 5.95. The van der Waals surface area contributed by atoms with Crippen molar-refractivity contribution in [1.29, 1.82) is 0 Å². The number of nitrogens with zero attached hydrogens (tertiary/aromatic N) is 1. The van der Waals surface area contributed by atoms with Gasteiger partial charge in [0.25, 0.3) is 0 Å². The van der Waals surface area contributed by atoms with Gasteiger partial charge >= 0.3 is 5.97 Å². The van der Waals surface area contributed by atoms with Crippen LogP contribution >= 0.6 is 0 Å². The van der Waals surface area contributed by atoms with Gasteiger partial charge in [-0.2, -0.15) is 0 Å². The number of hydrogen-bond donors (Lipinski definition) is 1. The van der Waals surface area contributed by atoms with E-state index < -0.39 is 6.41 Å². The molecule has 1 fully saturated rings. The van der Waals surface area contributed by atoms with Crippen LogP contribution in [0.5, 0.6) is 0 Å². The van der Waals surface area contributed by atoms with Crippen LogP contribution < -0.4 is 0 Å². The summed E-state index contributed by atoms with van der Waals surface area (Å²) in [6, 6.07) is 0. The second-order valence-electron chi connectivity index (χ2n) is 5.20. The Labute approximate surface area is 107 Å². The number of carbonyl (C=O) groups is 1. The van der Waals surface area contributed by atoms with Crippen LogP contribution in [-0.4, -0.2) is 48.7 Å². The summed E-state index contributed by atoms with van der Waals surface area (Å²) >= 11 is 0. The third kappa shape index (κ3) is 3.31. The Morgan fingerprint density at radius 2 is 2.28 bits per heavy atom. The second-order valence-corrected chi connectivity index (χ2v) is 5.20. The molecule has 1 saturated heterocycles. The molecule has 18 heavy (non-hydrogen) atoms. The molecule has 0 aromatic carbocycles. The Balaban J connectivity index is 1.91. The number of esters is 1. The number of carbonyl (C=O) groups excluding carboxylic acids is 1. The third-order valence-electron chi connectivity index (χ3n) is 3.52. The quantitative estimate of drug-likeness (QED) is 0.461. The summed E-state index contributed by atoms with van der Waals surface area (Å²) in [5.41, 5.74) is 0. The molecule has 0 bridgehead atoms. The Morgan fingerprint density at radius 1 is 1.50 bits per heavy atom. The SMILES string of the molecule is CN(C)C(O)O[C@@H]1/C=C/C[C@H]2OC(=O)C[C@@H]2CC1. The minimum absolute atomic E-state index is 0.0356. The third-order valence-corrected chi connectivity index (χ3v) is 3.52. The van der Waals surface area contributed by atoms with Crippen molar-refractivity contribution in [1.82, 2.24) is 4.90 Å². The highest BCUT2D eigenvalue weighted by Gasteiger charge is 2.35. The highest BCUT2D eigenvalue weighted by atomic mass is 16.6. The van der Waals surface area contributed by atoms with Crippen molar-refractivity contribution in [2.75, 3.05) is 14.1 Å². The molecule has 0 spiro atoms. The lowest BCUT2D eigenvalue weighted by molar-refractivity contribution is -0.195. The van der Waals surface area contributed by atoms with Crippen molar-refractivity contribution in [2.45, 2.75) is 44.3 Å². The number of aliphatic hydroxyl groups excluding tert-OH is 1. The molecule has 0 aromatic rings. The summed E-state index contributed by atoms with van der Waals surface area (Å²) < 4.78 is 10.8. The Kier molecular flexibility index (Phi) is 4.37. The average molecular weight is 255 g/mol. The number of rotatable bonds is 3. The maximum absolute atomic E-state index is 11.3. The fraction of sp³-hybridized carbons (Fsp3) is 0.769. The van der Waals surface area contributed by atoms with Crippen molar-refractivity contribution in [3.63, 3.8) is 0 Å². The summed E-state index contributed by atoms with van der Waals surface area (Å²) in [5.74, 6) is 0.205. The van der Waals surface area contributed by atoms with E-state index in [1.807, 2.05) is 12.2 Å². The van der Waals surface area contributed by atoms with Crippen LogP contribution in [0.4, 0.5) is 0 Å². The van der Waals surface area contributed by atoms with Crippen LogP contribution in [0.2, 0.25) is 0 Å². The smallest absolute Gasteiger partial charge is 0.306 e. The van der Waals surface area contributed by atoms with E-state index in [1.54, 1.807) is 19.0 Å². The van der Waals surface area contributed by atoms with Gasteiger partial charge in [-0.25, -0.2) is 0 Å². The maximum Gasteiger partial charge on any atom is 0.306 e. The van der Waals surface area contributed by atoms with Gasteiger partial charge in [-0.15, -0.1) is 0 Å². The molecule has 1 heterocycles. The fourth-order valence-electron chi connectivity index (χ4n) is 2.42. The van der Waals surface area contributed by atoms with E-state index in [0.29, 0.717) is 12.3 Å². The number of aliphatic hydroxyl groups is 1. The molecule has 2 aliphatic rings. The van der Waals surface area contributed by atoms with Crippen LogP contribution in [0, 0.1) is 5.92 Å². The predicted octanol–water partition coefficient (Wildman–Crippen LogP) is 0.881. The van der Waals surface area contributed by atoms with Gasteiger partial charge in [0.15, 0.2) is 0 Å². The van der Waals surface area contributed by atoms with Crippen molar-refractivity contribution >= 4 is 5.97 Å². The highest BCUT2D eigenvalue weighted by Crippen LogP contribution is 2.31. The van der Waals surface area contributed by atoms with E-state index in [4.69, 9.17) is 9.47 Å². The van der Waals surface area contributed by atoms with Crippen molar-refractivity contribution < 1.29 is 19.4 Å². The highest BCUT2D eigenvalue weighted by molar-refractivity contribution is 5.72. The van der Waals surface area contributed by atoms with Crippen LogP contribution in [0.1, 0.15) is 25.7 Å². The monoisotopic (exact) mass is 255 g/mol. The molecule has 1 N–H and O–H groups in total. The van der Waals surface area contributed by atoms with Gasteiger partial charge in [-0.05, 0) is 26.9 Å². The molecular formula is C13H21NO4. The van der Waals surface area contributed by atoms with Gasteiger partial charge in [0.1, 0.15) is 6.10 Å². The summed E-state index contributed by atoms with van der Waals surface area (Å²) in [7, 11) is 3.52. The van der Waals surface area contributed by atoms with Crippen LogP contribution in [-0.2, 0) is 14.3 Å². The Hall–Kier alpha value is -0.910. The molecular weight excluding hydrogens is 234 g/mol. The van der Waals surface area contributed by atoms with Gasteiger partial charge in [0.2, 0.25) is 6.41 Å². The van der Waals surface area contributed by atoms with E-state index in [2.05, 4.69) is 0 Å². The van der Waals surface area contributed by atoms with Crippen molar-refractivity contribution in [3.05, 3.63) is 12.2 Å².